The maximum atomic E-state index is 13.6. The number of alkyl halides is 3. The Hall–Kier alpha value is -2.29. The summed E-state index contributed by atoms with van der Waals surface area (Å²) in [5.41, 5.74) is -2.23. The van der Waals surface area contributed by atoms with Gasteiger partial charge in [-0.05, 0) is 6.07 Å². The average Bonchev–Trinajstić information content (AvgIpc) is 2.49. The third-order valence-electron chi connectivity index (χ3n) is 2.83. The van der Waals surface area contributed by atoms with Crippen molar-refractivity contribution in [2.24, 2.45) is 5.10 Å². The number of rotatable bonds is 3. The summed E-state index contributed by atoms with van der Waals surface area (Å²) in [6, 6.07) is 6.09. The van der Waals surface area contributed by atoms with Gasteiger partial charge in [-0.3, -0.25) is 5.43 Å². The highest BCUT2D eigenvalue weighted by Crippen LogP contribution is 2.38. The van der Waals surface area contributed by atoms with Crippen LogP contribution in [0.5, 0.6) is 0 Å². The van der Waals surface area contributed by atoms with Gasteiger partial charge in [0.05, 0.1) is 6.21 Å². The van der Waals surface area contributed by atoms with Gasteiger partial charge in [0.25, 0.3) is 0 Å². The Morgan fingerprint density at radius 3 is 1.96 bits per heavy atom. The smallest absolute Gasteiger partial charge is 0.272 e. The van der Waals surface area contributed by atoms with E-state index in [1.165, 1.54) is 12.1 Å². The first-order valence-electron chi connectivity index (χ1n) is 6.11. The summed E-state index contributed by atoms with van der Waals surface area (Å²) in [6.45, 7) is 0. The van der Waals surface area contributed by atoms with Gasteiger partial charge >= 0.3 is 6.18 Å². The van der Waals surface area contributed by atoms with Crippen molar-refractivity contribution in [2.45, 2.75) is 6.18 Å². The molecule has 0 spiro atoms. The van der Waals surface area contributed by atoms with Crippen molar-refractivity contribution in [3.05, 3.63) is 63.7 Å². The molecule has 0 aliphatic carbocycles. The van der Waals surface area contributed by atoms with E-state index in [0.717, 1.165) is 6.21 Å². The largest absolute Gasteiger partial charge is 0.422 e. The van der Waals surface area contributed by atoms with Crippen LogP contribution in [0.25, 0.3) is 0 Å². The molecule has 0 saturated heterocycles. The first-order chi connectivity index (χ1) is 11.1. The molecule has 10 heteroatoms. The van der Waals surface area contributed by atoms with Crippen molar-refractivity contribution in [1.82, 2.24) is 0 Å². The van der Waals surface area contributed by atoms with Gasteiger partial charge in [0.1, 0.15) is 11.3 Å². The zero-order valence-electron chi connectivity index (χ0n) is 11.4. The van der Waals surface area contributed by atoms with Gasteiger partial charge < -0.3 is 0 Å². The van der Waals surface area contributed by atoms with E-state index in [2.05, 4.69) is 5.10 Å². The number of benzene rings is 2. The maximum absolute atomic E-state index is 13.6. The third-order valence-corrected chi connectivity index (χ3v) is 3.18. The Balaban J connectivity index is 2.41. The van der Waals surface area contributed by atoms with Crippen LogP contribution in [0.2, 0.25) is 5.02 Å². The minimum absolute atomic E-state index is 0.216. The molecule has 128 valence electrons. The molecule has 24 heavy (non-hydrogen) atoms. The van der Waals surface area contributed by atoms with E-state index in [1.54, 1.807) is 17.6 Å². The number of halogens is 8. The third kappa shape index (κ3) is 3.45. The van der Waals surface area contributed by atoms with Crippen LogP contribution in [-0.4, -0.2) is 6.21 Å². The van der Waals surface area contributed by atoms with Crippen molar-refractivity contribution in [3.8, 4) is 0 Å². The topological polar surface area (TPSA) is 24.4 Å². The van der Waals surface area contributed by atoms with Crippen molar-refractivity contribution >= 4 is 23.5 Å². The molecule has 0 atom stereocenters. The first kappa shape index (κ1) is 18.1. The molecule has 0 heterocycles. The van der Waals surface area contributed by atoms with Crippen LogP contribution in [0.1, 0.15) is 11.1 Å². The van der Waals surface area contributed by atoms with Crippen LogP contribution in [0.4, 0.5) is 36.4 Å². The number of anilines is 1. The number of hydrogen-bond donors (Lipinski definition) is 1. The number of nitrogens with zero attached hydrogens (tertiary/aromatic N) is 1. The lowest BCUT2D eigenvalue weighted by molar-refractivity contribution is -0.143. The minimum atomic E-state index is -5.60. The van der Waals surface area contributed by atoms with E-state index in [9.17, 15) is 30.7 Å². The van der Waals surface area contributed by atoms with Crippen LogP contribution in [0.15, 0.2) is 29.4 Å². The number of hydrogen-bond acceptors (Lipinski definition) is 2. The molecule has 2 aromatic carbocycles. The maximum Gasteiger partial charge on any atom is 0.422 e. The molecule has 2 aromatic rings. The van der Waals surface area contributed by atoms with Gasteiger partial charge in [0, 0.05) is 10.6 Å². The van der Waals surface area contributed by atoms with Crippen LogP contribution < -0.4 is 5.43 Å². The highest BCUT2D eigenvalue weighted by molar-refractivity contribution is 6.33. The molecular formula is C14H6ClF7N2. The lowest BCUT2D eigenvalue weighted by Gasteiger charge is -2.13. The molecule has 2 nitrogen and oxygen atoms in total. The van der Waals surface area contributed by atoms with Crippen LogP contribution in [-0.2, 0) is 6.18 Å². The summed E-state index contributed by atoms with van der Waals surface area (Å²) in [6.07, 6.45) is -4.64. The summed E-state index contributed by atoms with van der Waals surface area (Å²) in [7, 11) is 0. The van der Waals surface area contributed by atoms with Crippen LogP contribution in [0.3, 0.4) is 0 Å². The Kier molecular flexibility index (Phi) is 5.02. The molecule has 0 saturated carbocycles. The lowest BCUT2D eigenvalue weighted by Crippen LogP contribution is -2.16. The van der Waals surface area contributed by atoms with Crippen molar-refractivity contribution < 1.29 is 30.7 Å². The normalized spacial score (nSPS) is 12.0. The zero-order chi connectivity index (χ0) is 18.1. The van der Waals surface area contributed by atoms with Gasteiger partial charge in [-0.2, -0.15) is 18.3 Å². The summed E-state index contributed by atoms with van der Waals surface area (Å²) >= 11 is 5.78. The molecule has 0 aromatic heterocycles. The van der Waals surface area contributed by atoms with E-state index in [4.69, 9.17) is 11.6 Å². The van der Waals surface area contributed by atoms with Crippen molar-refractivity contribution in [1.29, 1.82) is 0 Å². The predicted molar refractivity (Wildman–Crippen MR) is 73.9 cm³/mol. The second kappa shape index (κ2) is 6.68. The SMILES string of the molecule is Fc1c(F)c(C(F)(F)F)c(F)c(F)c1N/N=C/c1ccccc1Cl. The summed E-state index contributed by atoms with van der Waals surface area (Å²) in [4.78, 5) is 0. The summed E-state index contributed by atoms with van der Waals surface area (Å²) in [5, 5.41) is 3.53. The molecule has 2 rings (SSSR count). The average molecular weight is 371 g/mol. The molecule has 0 aliphatic heterocycles. The van der Waals surface area contributed by atoms with E-state index < -0.39 is 40.7 Å². The van der Waals surface area contributed by atoms with Gasteiger partial charge in [0.15, 0.2) is 23.3 Å². The Morgan fingerprint density at radius 1 is 0.917 bits per heavy atom. The Labute approximate surface area is 135 Å². The quantitative estimate of drug-likeness (QED) is 0.334. The van der Waals surface area contributed by atoms with E-state index >= 15 is 0 Å². The van der Waals surface area contributed by atoms with Gasteiger partial charge in [-0.15, -0.1) is 0 Å². The standard InChI is InChI=1S/C14H6ClF7N2/c15-7-4-2-1-3-6(7)5-23-24-13-11(18)9(16)8(14(20,21)22)10(17)12(13)19/h1-5,24H/b23-5+. The fourth-order valence-corrected chi connectivity index (χ4v) is 1.91. The van der Waals surface area contributed by atoms with Gasteiger partial charge in [-0.1, -0.05) is 29.8 Å². The second-order valence-electron chi connectivity index (χ2n) is 4.40. The molecule has 0 unspecified atom stereocenters. The molecule has 0 radical (unpaired) electrons. The number of hydrazone groups is 1. The summed E-state index contributed by atoms with van der Waals surface area (Å²) < 4.78 is 91.3. The van der Waals surface area contributed by atoms with E-state index in [1.807, 2.05) is 0 Å². The van der Waals surface area contributed by atoms with Crippen LogP contribution >= 0.6 is 11.6 Å². The fraction of sp³-hybridized carbons (Fsp3) is 0.0714. The molecule has 1 N–H and O–H groups in total. The highest BCUT2D eigenvalue weighted by atomic mass is 35.5. The molecule has 0 aliphatic rings. The number of nitrogens with one attached hydrogen (secondary N) is 1. The van der Waals surface area contributed by atoms with E-state index in [0.29, 0.717) is 5.56 Å². The molecular weight excluding hydrogens is 365 g/mol. The lowest BCUT2D eigenvalue weighted by atomic mass is 10.1. The van der Waals surface area contributed by atoms with Crippen LogP contribution in [0, 0.1) is 23.3 Å². The Morgan fingerprint density at radius 2 is 1.46 bits per heavy atom. The van der Waals surface area contributed by atoms with E-state index in [-0.39, 0.29) is 5.02 Å². The highest BCUT2D eigenvalue weighted by Gasteiger charge is 2.42. The van der Waals surface area contributed by atoms with Crippen molar-refractivity contribution in [2.75, 3.05) is 5.43 Å². The zero-order valence-corrected chi connectivity index (χ0v) is 12.1. The monoisotopic (exact) mass is 370 g/mol. The second-order valence-corrected chi connectivity index (χ2v) is 4.80. The van der Waals surface area contributed by atoms with Gasteiger partial charge in [-0.25, -0.2) is 17.6 Å². The van der Waals surface area contributed by atoms with Crippen molar-refractivity contribution in [3.63, 3.8) is 0 Å². The first-order valence-corrected chi connectivity index (χ1v) is 6.49. The minimum Gasteiger partial charge on any atom is -0.272 e. The molecule has 0 bridgehead atoms. The summed E-state index contributed by atoms with van der Waals surface area (Å²) in [5.74, 6) is -9.65. The Bertz CT molecular complexity index is 773. The fourth-order valence-electron chi connectivity index (χ4n) is 1.72. The molecule has 0 amide bonds. The predicted octanol–water partition coefficient (Wildman–Crippen LogP) is 5.36. The van der Waals surface area contributed by atoms with Gasteiger partial charge in [0.2, 0.25) is 0 Å². The molecule has 0 fully saturated rings.